The predicted molar refractivity (Wildman–Crippen MR) is 348 cm³/mol. The van der Waals surface area contributed by atoms with Crippen molar-refractivity contribution in [3.05, 3.63) is 72.9 Å². The molecule has 0 amide bonds. The first-order valence-electron chi connectivity index (χ1n) is 34.9. The molecule has 0 rings (SSSR count). The van der Waals surface area contributed by atoms with Gasteiger partial charge < -0.3 is 14.2 Å². The van der Waals surface area contributed by atoms with E-state index < -0.39 is 6.10 Å². The molecule has 0 aliphatic rings. The smallest absolute Gasteiger partial charge is 0.306 e. The molecule has 80 heavy (non-hydrogen) atoms. The first-order valence-corrected chi connectivity index (χ1v) is 34.9. The molecule has 6 heteroatoms. The summed E-state index contributed by atoms with van der Waals surface area (Å²) in [6, 6.07) is 0. The van der Waals surface area contributed by atoms with Gasteiger partial charge >= 0.3 is 17.9 Å². The zero-order valence-corrected chi connectivity index (χ0v) is 53.3. The third-order valence-corrected chi connectivity index (χ3v) is 15.4. The van der Waals surface area contributed by atoms with Gasteiger partial charge in [0.15, 0.2) is 6.10 Å². The van der Waals surface area contributed by atoms with Gasteiger partial charge in [0, 0.05) is 19.3 Å². The van der Waals surface area contributed by atoms with E-state index in [0.717, 1.165) is 89.9 Å². The lowest BCUT2D eigenvalue weighted by Crippen LogP contribution is -2.30. The van der Waals surface area contributed by atoms with Gasteiger partial charge in [0.05, 0.1) is 0 Å². The Hall–Kier alpha value is -3.15. The van der Waals surface area contributed by atoms with Gasteiger partial charge in [-0.05, 0) is 89.9 Å². The summed E-state index contributed by atoms with van der Waals surface area (Å²) in [5.41, 5.74) is 0. The fraction of sp³-hybridized carbons (Fsp3) is 0.797. The van der Waals surface area contributed by atoms with E-state index in [9.17, 15) is 14.4 Å². The van der Waals surface area contributed by atoms with Gasteiger partial charge in [0.2, 0.25) is 0 Å². The summed E-state index contributed by atoms with van der Waals surface area (Å²) in [6.45, 7) is 6.50. The second kappa shape index (κ2) is 68.3. The Labute approximate surface area is 497 Å². The fourth-order valence-electron chi connectivity index (χ4n) is 10.2. The molecule has 0 aliphatic carbocycles. The summed E-state index contributed by atoms with van der Waals surface area (Å²) < 4.78 is 16.9. The largest absolute Gasteiger partial charge is 0.462 e. The van der Waals surface area contributed by atoms with Crippen molar-refractivity contribution in [3.8, 4) is 0 Å². The Morgan fingerprint density at radius 1 is 0.263 bits per heavy atom. The van der Waals surface area contributed by atoms with Crippen molar-refractivity contribution >= 4 is 17.9 Å². The minimum absolute atomic E-state index is 0.0710. The molecule has 0 N–H and O–H groups in total. The first kappa shape index (κ1) is 76.9. The van der Waals surface area contributed by atoms with Gasteiger partial charge in [-0.3, -0.25) is 14.4 Å². The van der Waals surface area contributed by atoms with Gasteiger partial charge in [-0.1, -0.05) is 325 Å². The molecule has 0 aromatic rings. The first-order chi connectivity index (χ1) is 39.5. The van der Waals surface area contributed by atoms with Crippen LogP contribution < -0.4 is 0 Å². The number of unbranched alkanes of at least 4 members (excludes halogenated alkanes) is 41. The van der Waals surface area contributed by atoms with E-state index in [1.54, 1.807) is 0 Å². The van der Waals surface area contributed by atoms with Crippen LogP contribution in [0.4, 0.5) is 0 Å². The minimum Gasteiger partial charge on any atom is -0.462 e. The quantitative estimate of drug-likeness (QED) is 0.0261. The summed E-state index contributed by atoms with van der Waals surface area (Å²) in [4.78, 5) is 38.1. The van der Waals surface area contributed by atoms with Gasteiger partial charge in [0.1, 0.15) is 13.2 Å². The molecule has 1 atom stereocenters. The number of hydrogen-bond acceptors (Lipinski definition) is 6. The second-order valence-corrected chi connectivity index (χ2v) is 23.4. The van der Waals surface area contributed by atoms with Crippen molar-refractivity contribution in [1.82, 2.24) is 0 Å². The SMILES string of the molecule is CC/C=C\C/C=C\C/C=C\C/C=C\CCCCCCCCCCCCCCCCCCCCCCC(=O)OCC(COC(=O)CCCCCCCC)OC(=O)CCCCCCCCCCCCC/C=C\C/C=C\CCCCCCC. The molecule has 1 unspecified atom stereocenters. The lowest BCUT2D eigenvalue weighted by molar-refractivity contribution is -0.167. The van der Waals surface area contributed by atoms with Gasteiger partial charge in [-0.2, -0.15) is 0 Å². The highest BCUT2D eigenvalue weighted by Gasteiger charge is 2.19. The number of ether oxygens (including phenoxy) is 3. The highest BCUT2D eigenvalue weighted by atomic mass is 16.6. The van der Waals surface area contributed by atoms with Crippen LogP contribution in [0, 0.1) is 0 Å². The number of rotatable bonds is 64. The summed E-state index contributed by atoms with van der Waals surface area (Å²) in [5.74, 6) is -0.863. The Balaban J connectivity index is 3.97. The van der Waals surface area contributed by atoms with E-state index in [1.165, 1.54) is 231 Å². The normalized spacial score (nSPS) is 12.5. The summed E-state index contributed by atoms with van der Waals surface area (Å²) >= 11 is 0. The average molecular weight is 1120 g/mol. The van der Waals surface area contributed by atoms with Crippen LogP contribution in [0.3, 0.4) is 0 Å². The summed E-state index contributed by atoms with van der Waals surface area (Å²) in [6.07, 6.45) is 89.8. The maximum Gasteiger partial charge on any atom is 0.306 e. The fourth-order valence-corrected chi connectivity index (χ4v) is 10.2. The summed E-state index contributed by atoms with van der Waals surface area (Å²) in [5, 5.41) is 0. The minimum atomic E-state index is -0.771. The molecule has 0 bridgehead atoms. The van der Waals surface area contributed by atoms with E-state index in [1.807, 2.05) is 0 Å². The lowest BCUT2D eigenvalue weighted by Gasteiger charge is -2.18. The highest BCUT2D eigenvalue weighted by Crippen LogP contribution is 2.18. The van der Waals surface area contributed by atoms with Crippen LogP contribution >= 0.6 is 0 Å². The van der Waals surface area contributed by atoms with Crippen molar-refractivity contribution in [3.63, 3.8) is 0 Å². The van der Waals surface area contributed by atoms with Crippen molar-refractivity contribution in [2.45, 2.75) is 367 Å². The standard InChI is InChI=1S/C74H132O6/c1-4-7-10-13-16-18-20-22-24-26-28-30-32-33-34-35-36-37-38-39-40-41-43-44-46-48-50-52-54-56-58-61-64-67-73(76)79-70-71(69-78-72(75)66-63-60-15-12-9-6-3)80-74(77)68-65-62-59-57-55-53-51-49-47-45-42-31-29-27-25-23-21-19-17-14-11-8-5-2/h7,10,16,18,21-24,27-30,71H,4-6,8-9,11-15,17,19-20,25-26,31-70H2,1-3H3/b10-7-,18-16-,23-21-,24-22-,29-27-,30-28-. The van der Waals surface area contributed by atoms with Crippen molar-refractivity contribution in [2.75, 3.05) is 13.2 Å². The topological polar surface area (TPSA) is 78.9 Å². The predicted octanol–water partition coefficient (Wildman–Crippen LogP) is 24.1. The molecule has 0 aliphatic heterocycles. The number of hydrogen-bond donors (Lipinski definition) is 0. The molecule has 0 aromatic heterocycles. The van der Waals surface area contributed by atoms with Crippen molar-refractivity contribution < 1.29 is 28.6 Å². The lowest BCUT2D eigenvalue weighted by atomic mass is 10.0. The monoisotopic (exact) mass is 1120 g/mol. The molecular weight excluding hydrogens is 985 g/mol. The van der Waals surface area contributed by atoms with Crippen LogP contribution in [0.5, 0.6) is 0 Å². The van der Waals surface area contributed by atoms with Crippen molar-refractivity contribution in [2.24, 2.45) is 0 Å². The number of allylic oxidation sites excluding steroid dienone is 12. The van der Waals surface area contributed by atoms with Gasteiger partial charge in [-0.25, -0.2) is 0 Å². The van der Waals surface area contributed by atoms with Crippen LogP contribution in [-0.4, -0.2) is 37.2 Å². The maximum absolute atomic E-state index is 12.9. The Morgan fingerprint density at radius 2 is 0.487 bits per heavy atom. The highest BCUT2D eigenvalue weighted by molar-refractivity contribution is 5.71. The zero-order chi connectivity index (χ0) is 57.8. The Bertz CT molecular complexity index is 1470. The molecular formula is C74H132O6. The number of esters is 3. The second-order valence-electron chi connectivity index (χ2n) is 23.4. The molecule has 6 nitrogen and oxygen atoms in total. The van der Waals surface area contributed by atoms with E-state index >= 15 is 0 Å². The molecule has 464 valence electrons. The van der Waals surface area contributed by atoms with Crippen LogP contribution in [0.15, 0.2) is 72.9 Å². The van der Waals surface area contributed by atoms with E-state index in [0.29, 0.717) is 19.3 Å². The zero-order valence-electron chi connectivity index (χ0n) is 53.3. The molecule has 0 saturated heterocycles. The van der Waals surface area contributed by atoms with Crippen LogP contribution in [0.25, 0.3) is 0 Å². The Kier molecular flexibility index (Phi) is 65.7. The van der Waals surface area contributed by atoms with Crippen LogP contribution in [-0.2, 0) is 28.6 Å². The number of carbonyl (C=O) groups is 3. The van der Waals surface area contributed by atoms with E-state index in [4.69, 9.17) is 14.2 Å². The molecule has 0 radical (unpaired) electrons. The molecule has 0 fully saturated rings. The van der Waals surface area contributed by atoms with Crippen LogP contribution in [0.1, 0.15) is 361 Å². The average Bonchev–Trinajstić information content (AvgIpc) is 3.46. The van der Waals surface area contributed by atoms with E-state index in [2.05, 4.69) is 93.7 Å². The number of carbonyl (C=O) groups excluding carboxylic acids is 3. The Morgan fingerprint density at radius 3 is 0.762 bits per heavy atom. The van der Waals surface area contributed by atoms with Gasteiger partial charge in [0.25, 0.3) is 0 Å². The van der Waals surface area contributed by atoms with Crippen molar-refractivity contribution in [1.29, 1.82) is 0 Å². The van der Waals surface area contributed by atoms with E-state index in [-0.39, 0.29) is 31.1 Å². The molecule has 0 aromatic carbocycles. The summed E-state index contributed by atoms with van der Waals surface area (Å²) in [7, 11) is 0. The third-order valence-electron chi connectivity index (χ3n) is 15.4. The molecule has 0 saturated carbocycles. The third kappa shape index (κ3) is 65.7. The maximum atomic E-state index is 12.9. The molecule has 0 heterocycles. The molecule has 0 spiro atoms. The van der Waals surface area contributed by atoms with Crippen LogP contribution in [0.2, 0.25) is 0 Å². The van der Waals surface area contributed by atoms with Gasteiger partial charge in [-0.15, -0.1) is 0 Å².